The van der Waals surface area contributed by atoms with E-state index in [1.54, 1.807) is 0 Å². The normalized spacial score (nSPS) is 9.80. The molecule has 1 heterocycles. The van der Waals surface area contributed by atoms with Gasteiger partial charge in [0.05, 0.1) is 26.2 Å². The zero-order valence-corrected chi connectivity index (χ0v) is 8.91. The zero-order chi connectivity index (χ0) is 11.4. The summed E-state index contributed by atoms with van der Waals surface area (Å²) in [6.07, 6.45) is -0.288. The van der Waals surface area contributed by atoms with Crippen molar-refractivity contribution in [2.45, 2.75) is 6.42 Å². The highest BCUT2D eigenvalue weighted by atomic mass is 35.5. The monoisotopic (exact) mass is 232 g/mol. The number of hydrogen-bond acceptors (Lipinski definition) is 5. The minimum Gasteiger partial charge on any atom is -0.481 e. The van der Waals surface area contributed by atoms with E-state index in [0.29, 0.717) is 0 Å². The minimum atomic E-state index is -1.03. The molecule has 82 valence electrons. The lowest BCUT2D eigenvalue weighted by Crippen LogP contribution is -2.07. The Morgan fingerprint density at radius 1 is 1.33 bits per heavy atom. The van der Waals surface area contributed by atoms with E-state index in [1.165, 1.54) is 14.2 Å². The molecule has 0 amide bonds. The standard InChI is InChI=1S/C8H9ClN2O4/c1-14-6-4(3-5(12)13)7(15-2)11-8(9)10-6/h3H2,1-2H3,(H,12,13). The number of aromatic nitrogens is 2. The lowest BCUT2D eigenvalue weighted by atomic mass is 10.2. The molecule has 1 rings (SSSR count). The van der Waals surface area contributed by atoms with Crippen molar-refractivity contribution in [2.75, 3.05) is 14.2 Å². The second-order valence-corrected chi connectivity index (χ2v) is 2.90. The van der Waals surface area contributed by atoms with Crippen molar-refractivity contribution in [3.63, 3.8) is 0 Å². The van der Waals surface area contributed by atoms with E-state index in [9.17, 15) is 4.79 Å². The molecule has 1 aromatic heterocycles. The quantitative estimate of drug-likeness (QED) is 0.773. The minimum absolute atomic E-state index is 0.0576. The summed E-state index contributed by atoms with van der Waals surface area (Å²) >= 11 is 5.59. The molecule has 6 nitrogen and oxygen atoms in total. The van der Waals surface area contributed by atoms with Gasteiger partial charge in [0.15, 0.2) is 0 Å². The number of methoxy groups -OCH3 is 2. The molecule has 0 fully saturated rings. The third-order valence-corrected chi connectivity index (χ3v) is 1.79. The Kier molecular flexibility index (Phi) is 3.68. The lowest BCUT2D eigenvalue weighted by Gasteiger charge is -2.09. The van der Waals surface area contributed by atoms with Gasteiger partial charge in [-0.2, -0.15) is 9.97 Å². The van der Waals surface area contributed by atoms with Crippen LogP contribution in [0, 0.1) is 0 Å². The summed E-state index contributed by atoms with van der Waals surface area (Å²) in [7, 11) is 2.73. The molecule has 15 heavy (non-hydrogen) atoms. The van der Waals surface area contributed by atoms with E-state index in [2.05, 4.69) is 9.97 Å². The molecule has 7 heteroatoms. The maximum Gasteiger partial charge on any atom is 0.308 e. The van der Waals surface area contributed by atoms with Gasteiger partial charge in [0.25, 0.3) is 0 Å². The maximum absolute atomic E-state index is 10.6. The molecular weight excluding hydrogens is 224 g/mol. The molecule has 0 saturated heterocycles. The number of aliphatic carboxylic acids is 1. The third kappa shape index (κ3) is 2.69. The van der Waals surface area contributed by atoms with Gasteiger partial charge in [-0.25, -0.2) is 0 Å². The number of carboxylic acid groups (broad SMARTS) is 1. The van der Waals surface area contributed by atoms with Crippen molar-refractivity contribution in [3.8, 4) is 11.8 Å². The smallest absolute Gasteiger partial charge is 0.308 e. The maximum atomic E-state index is 10.6. The summed E-state index contributed by atoms with van der Waals surface area (Å²) in [6.45, 7) is 0. The van der Waals surface area contributed by atoms with Gasteiger partial charge >= 0.3 is 5.97 Å². The van der Waals surface area contributed by atoms with Crippen molar-refractivity contribution in [1.29, 1.82) is 0 Å². The molecule has 0 atom stereocenters. The molecule has 0 aliphatic heterocycles. The topological polar surface area (TPSA) is 81.5 Å². The fourth-order valence-corrected chi connectivity index (χ4v) is 1.21. The van der Waals surface area contributed by atoms with Crippen molar-refractivity contribution < 1.29 is 19.4 Å². The van der Waals surface area contributed by atoms with E-state index in [1.807, 2.05) is 0 Å². The number of carbonyl (C=O) groups is 1. The molecular formula is C8H9ClN2O4. The average molecular weight is 233 g/mol. The van der Waals surface area contributed by atoms with Crippen molar-refractivity contribution in [2.24, 2.45) is 0 Å². The molecule has 0 radical (unpaired) electrons. The van der Waals surface area contributed by atoms with Crippen LogP contribution in [-0.2, 0) is 11.2 Å². The summed E-state index contributed by atoms with van der Waals surface area (Å²) in [5, 5.41) is 8.62. The van der Waals surface area contributed by atoms with Crippen LogP contribution in [0.4, 0.5) is 0 Å². The van der Waals surface area contributed by atoms with Gasteiger partial charge in [0.2, 0.25) is 17.0 Å². The molecule has 0 spiro atoms. The first-order valence-electron chi connectivity index (χ1n) is 3.94. The molecule has 0 aromatic carbocycles. The van der Waals surface area contributed by atoms with E-state index >= 15 is 0 Å². The van der Waals surface area contributed by atoms with Gasteiger partial charge < -0.3 is 14.6 Å². The largest absolute Gasteiger partial charge is 0.481 e. The summed E-state index contributed by atoms with van der Waals surface area (Å²) in [4.78, 5) is 18.1. The predicted molar refractivity (Wildman–Crippen MR) is 51.5 cm³/mol. The molecule has 1 N–H and O–H groups in total. The summed E-state index contributed by atoms with van der Waals surface area (Å²) in [6, 6.07) is 0. The summed E-state index contributed by atoms with van der Waals surface area (Å²) in [5.41, 5.74) is 0.261. The third-order valence-electron chi connectivity index (χ3n) is 1.62. The van der Waals surface area contributed by atoms with E-state index in [0.717, 1.165) is 0 Å². The first-order chi connectivity index (χ1) is 7.08. The molecule has 0 saturated carbocycles. The number of carboxylic acids is 1. The van der Waals surface area contributed by atoms with Crippen molar-refractivity contribution in [1.82, 2.24) is 9.97 Å². The van der Waals surface area contributed by atoms with Crippen LogP contribution in [0.2, 0.25) is 5.28 Å². The Balaban J connectivity index is 3.23. The van der Waals surface area contributed by atoms with Gasteiger partial charge in [0, 0.05) is 0 Å². The first kappa shape index (κ1) is 11.5. The highest BCUT2D eigenvalue weighted by Crippen LogP contribution is 2.26. The molecule has 0 aliphatic rings. The zero-order valence-electron chi connectivity index (χ0n) is 8.15. The van der Waals surface area contributed by atoms with Crippen LogP contribution in [0.15, 0.2) is 0 Å². The molecule has 0 unspecified atom stereocenters. The number of ether oxygens (including phenoxy) is 2. The van der Waals surface area contributed by atoms with Crippen molar-refractivity contribution >= 4 is 17.6 Å². The van der Waals surface area contributed by atoms with Crippen LogP contribution in [0.3, 0.4) is 0 Å². The van der Waals surface area contributed by atoms with Gasteiger partial charge in [-0.3, -0.25) is 4.79 Å². The van der Waals surface area contributed by atoms with Gasteiger partial charge in [-0.05, 0) is 11.6 Å². The molecule has 0 bridgehead atoms. The number of hydrogen-bond donors (Lipinski definition) is 1. The van der Waals surface area contributed by atoms with Crippen LogP contribution in [-0.4, -0.2) is 35.3 Å². The van der Waals surface area contributed by atoms with E-state index < -0.39 is 5.97 Å². The molecule has 0 aliphatic carbocycles. The highest BCUT2D eigenvalue weighted by molar-refractivity contribution is 6.28. The predicted octanol–water partition coefficient (Wildman–Crippen LogP) is 0.774. The lowest BCUT2D eigenvalue weighted by molar-refractivity contribution is -0.136. The first-order valence-corrected chi connectivity index (χ1v) is 4.32. The Bertz CT molecular complexity index is 358. The van der Waals surface area contributed by atoms with Gasteiger partial charge in [-0.15, -0.1) is 0 Å². The SMILES string of the molecule is COc1nc(Cl)nc(OC)c1CC(=O)O. The summed E-state index contributed by atoms with van der Waals surface area (Å²) < 4.78 is 9.78. The van der Waals surface area contributed by atoms with Crippen LogP contribution in [0.1, 0.15) is 5.56 Å². The number of halogens is 1. The molecule has 1 aromatic rings. The Morgan fingerprint density at radius 2 is 1.80 bits per heavy atom. The second-order valence-electron chi connectivity index (χ2n) is 2.56. The van der Waals surface area contributed by atoms with Crippen LogP contribution >= 0.6 is 11.6 Å². The average Bonchev–Trinajstić information content (AvgIpc) is 2.19. The van der Waals surface area contributed by atoms with Crippen LogP contribution < -0.4 is 9.47 Å². The number of nitrogens with zero attached hydrogens (tertiary/aromatic N) is 2. The fourth-order valence-electron chi connectivity index (χ4n) is 1.06. The number of rotatable bonds is 4. The van der Waals surface area contributed by atoms with E-state index in [4.69, 9.17) is 26.2 Å². The van der Waals surface area contributed by atoms with Crippen LogP contribution in [0.25, 0.3) is 0 Å². The van der Waals surface area contributed by atoms with Crippen LogP contribution in [0.5, 0.6) is 11.8 Å². The van der Waals surface area contributed by atoms with E-state index in [-0.39, 0.29) is 29.0 Å². The van der Waals surface area contributed by atoms with Gasteiger partial charge in [-0.1, -0.05) is 0 Å². The van der Waals surface area contributed by atoms with Gasteiger partial charge in [0.1, 0.15) is 0 Å². The van der Waals surface area contributed by atoms with Crippen molar-refractivity contribution in [3.05, 3.63) is 10.8 Å². The second kappa shape index (κ2) is 4.79. The Labute approximate surface area is 90.8 Å². The highest BCUT2D eigenvalue weighted by Gasteiger charge is 2.17. The summed E-state index contributed by atoms with van der Waals surface area (Å²) in [5.74, 6) is -0.818. The fraction of sp³-hybridized carbons (Fsp3) is 0.375. The Morgan fingerprint density at radius 3 is 2.13 bits per heavy atom. The Hall–Kier alpha value is -1.56.